The number of nitrogens with one attached hydrogen (secondary N) is 2. The van der Waals surface area contributed by atoms with Crippen molar-refractivity contribution in [1.29, 1.82) is 0 Å². The van der Waals surface area contributed by atoms with Gasteiger partial charge in [0.25, 0.3) is 5.91 Å². The van der Waals surface area contributed by atoms with E-state index >= 15 is 0 Å². The second-order valence-electron chi connectivity index (χ2n) is 8.72. The first-order chi connectivity index (χ1) is 15.4. The van der Waals surface area contributed by atoms with Crippen LogP contribution < -0.4 is 5.32 Å². The average molecular weight is 439 g/mol. The number of aryl methyl sites for hydroxylation is 1. The van der Waals surface area contributed by atoms with Gasteiger partial charge in [-0.15, -0.1) is 0 Å². The number of hydrogen-bond acceptors (Lipinski definition) is 3. The topological polar surface area (TPSA) is 68.4 Å². The predicted octanol–water partition coefficient (Wildman–Crippen LogP) is 3.61. The Morgan fingerprint density at radius 3 is 2.75 bits per heavy atom. The molecule has 1 aromatic carbocycles. The lowest BCUT2D eigenvalue weighted by atomic mass is 10.0. The van der Waals surface area contributed by atoms with Crippen LogP contribution in [-0.4, -0.2) is 59.8 Å². The van der Waals surface area contributed by atoms with Crippen molar-refractivity contribution < 1.29 is 14.0 Å². The molecule has 0 radical (unpaired) electrons. The molecule has 1 fully saturated rings. The Kier molecular flexibility index (Phi) is 6.46. The summed E-state index contributed by atoms with van der Waals surface area (Å²) in [4.78, 5) is 33.0. The fourth-order valence-corrected chi connectivity index (χ4v) is 4.56. The van der Waals surface area contributed by atoms with Crippen LogP contribution in [0.2, 0.25) is 0 Å². The lowest BCUT2D eigenvalue weighted by molar-refractivity contribution is -0.129. The van der Waals surface area contributed by atoms with E-state index in [1.807, 2.05) is 25.8 Å². The lowest BCUT2D eigenvalue weighted by Gasteiger charge is -2.21. The first-order valence-electron chi connectivity index (χ1n) is 11.4. The number of carbonyl (C=O) groups is 2. The number of anilines is 1. The third-order valence-corrected chi connectivity index (χ3v) is 6.62. The molecule has 2 aliphatic heterocycles. The quantitative estimate of drug-likeness (QED) is 0.649. The summed E-state index contributed by atoms with van der Waals surface area (Å²) in [5, 5.41) is 2.78. The van der Waals surface area contributed by atoms with Crippen LogP contribution in [0, 0.1) is 12.7 Å². The molecule has 32 heavy (non-hydrogen) atoms. The molecule has 6 nitrogen and oxygen atoms in total. The van der Waals surface area contributed by atoms with Crippen molar-refractivity contribution in [2.45, 2.75) is 39.5 Å². The van der Waals surface area contributed by atoms with E-state index in [0.717, 1.165) is 55.1 Å². The Labute approximate surface area is 188 Å². The van der Waals surface area contributed by atoms with E-state index in [4.69, 9.17) is 0 Å². The molecule has 2 N–H and O–H groups in total. The first kappa shape index (κ1) is 22.3. The van der Waals surface area contributed by atoms with Crippen LogP contribution in [0.25, 0.3) is 11.6 Å². The zero-order valence-corrected chi connectivity index (χ0v) is 19.1. The number of carbonyl (C=O) groups excluding carboxylic acids is 2. The monoisotopic (exact) mass is 438 g/mol. The predicted molar refractivity (Wildman–Crippen MR) is 125 cm³/mol. The highest BCUT2D eigenvalue weighted by atomic mass is 19.1. The van der Waals surface area contributed by atoms with Crippen LogP contribution in [0.15, 0.2) is 18.2 Å². The van der Waals surface area contributed by atoms with Crippen molar-refractivity contribution in [3.63, 3.8) is 0 Å². The summed E-state index contributed by atoms with van der Waals surface area (Å²) in [7, 11) is 1.86. The number of H-pyrrole nitrogens is 1. The van der Waals surface area contributed by atoms with Gasteiger partial charge in [-0.25, -0.2) is 4.39 Å². The molecular weight excluding hydrogens is 407 g/mol. The number of halogens is 1. The molecule has 170 valence electrons. The molecule has 0 spiro atoms. The zero-order chi connectivity index (χ0) is 22.8. The molecule has 1 aromatic heterocycles. The molecule has 7 heteroatoms. The molecule has 0 atom stereocenters. The van der Waals surface area contributed by atoms with Gasteiger partial charge in [0.1, 0.15) is 5.82 Å². The summed E-state index contributed by atoms with van der Waals surface area (Å²) < 4.78 is 13.8. The zero-order valence-electron chi connectivity index (χ0n) is 19.1. The van der Waals surface area contributed by atoms with E-state index in [1.54, 1.807) is 12.1 Å². The molecule has 0 unspecified atom stereocenters. The lowest BCUT2D eigenvalue weighted by Crippen LogP contribution is -2.36. The molecule has 4 rings (SSSR count). The number of aromatic nitrogens is 1. The van der Waals surface area contributed by atoms with Crippen LogP contribution in [0.3, 0.4) is 0 Å². The van der Waals surface area contributed by atoms with Crippen molar-refractivity contribution in [3.05, 3.63) is 52.1 Å². The number of aromatic amines is 1. The molecular formula is C25H31FN4O2. The molecule has 0 saturated carbocycles. The van der Waals surface area contributed by atoms with Gasteiger partial charge in [-0.1, -0.05) is 6.92 Å². The van der Waals surface area contributed by atoms with Gasteiger partial charge in [0.2, 0.25) is 5.91 Å². The Morgan fingerprint density at radius 2 is 2.03 bits per heavy atom. The van der Waals surface area contributed by atoms with Crippen molar-refractivity contribution in [3.8, 4) is 0 Å². The van der Waals surface area contributed by atoms with E-state index in [2.05, 4.69) is 15.2 Å². The van der Waals surface area contributed by atoms with Gasteiger partial charge in [0.15, 0.2) is 0 Å². The van der Waals surface area contributed by atoms with Crippen LogP contribution >= 0.6 is 0 Å². The third kappa shape index (κ3) is 4.48. The van der Waals surface area contributed by atoms with Crippen LogP contribution in [-0.2, 0) is 22.4 Å². The minimum atomic E-state index is -0.383. The van der Waals surface area contributed by atoms with Crippen LogP contribution in [0.4, 0.5) is 10.1 Å². The summed E-state index contributed by atoms with van der Waals surface area (Å²) in [5.41, 5.74) is 5.30. The van der Waals surface area contributed by atoms with E-state index in [-0.39, 0.29) is 17.6 Å². The molecule has 3 heterocycles. The molecule has 2 aromatic rings. The summed E-state index contributed by atoms with van der Waals surface area (Å²) in [6.07, 6.45) is 5.32. The first-order valence-corrected chi connectivity index (χ1v) is 11.4. The maximum atomic E-state index is 13.8. The summed E-state index contributed by atoms with van der Waals surface area (Å²) >= 11 is 0. The van der Waals surface area contributed by atoms with Crippen molar-refractivity contribution in [2.75, 3.05) is 38.5 Å². The molecule has 1 saturated heterocycles. The summed E-state index contributed by atoms with van der Waals surface area (Å²) in [6.45, 7) is 7.89. The van der Waals surface area contributed by atoms with Gasteiger partial charge in [-0.2, -0.15) is 0 Å². The fraction of sp³-hybridized carbons (Fsp3) is 0.440. The van der Waals surface area contributed by atoms with Crippen molar-refractivity contribution in [2.24, 2.45) is 0 Å². The highest BCUT2D eigenvalue weighted by molar-refractivity contribution is 6.34. The van der Waals surface area contributed by atoms with Gasteiger partial charge in [0, 0.05) is 42.8 Å². The fourth-order valence-electron chi connectivity index (χ4n) is 4.56. The van der Waals surface area contributed by atoms with Gasteiger partial charge >= 0.3 is 0 Å². The molecule has 2 amide bonds. The van der Waals surface area contributed by atoms with Gasteiger partial charge in [-0.05, 0) is 74.7 Å². The number of hydrogen-bond donors (Lipinski definition) is 2. The normalized spacial score (nSPS) is 17.1. The van der Waals surface area contributed by atoms with Crippen LogP contribution in [0.5, 0.6) is 0 Å². The van der Waals surface area contributed by atoms with E-state index in [9.17, 15) is 14.0 Å². The largest absolute Gasteiger partial charge is 0.358 e. The maximum absolute atomic E-state index is 13.8. The minimum Gasteiger partial charge on any atom is -0.358 e. The number of benzene rings is 1. The Morgan fingerprint density at radius 1 is 1.28 bits per heavy atom. The molecule has 0 aliphatic carbocycles. The SMILES string of the molecule is CCc1[nH]c(/C=C2\C(=O)Nc3ccc(F)cc32)c(C)c1CC(=O)N(C)CCN1CCCC1. The van der Waals surface area contributed by atoms with E-state index in [0.29, 0.717) is 23.2 Å². The van der Waals surface area contributed by atoms with Crippen molar-refractivity contribution >= 4 is 29.2 Å². The van der Waals surface area contributed by atoms with Gasteiger partial charge in [0.05, 0.1) is 12.0 Å². The second kappa shape index (κ2) is 9.28. The van der Waals surface area contributed by atoms with Gasteiger partial charge < -0.3 is 20.1 Å². The average Bonchev–Trinajstić information content (AvgIpc) is 3.47. The number of fused-ring (bicyclic) bond motifs is 1. The van der Waals surface area contributed by atoms with Crippen molar-refractivity contribution in [1.82, 2.24) is 14.8 Å². The van der Waals surface area contributed by atoms with E-state index < -0.39 is 0 Å². The molecule has 0 bridgehead atoms. The van der Waals surface area contributed by atoms with E-state index in [1.165, 1.54) is 25.0 Å². The Bertz CT molecular complexity index is 1070. The maximum Gasteiger partial charge on any atom is 0.256 e. The number of likely N-dealkylation sites (N-methyl/N-ethyl adjacent to an activating group) is 1. The number of amides is 2. The Hall–Kier alpha value is -2.93. The number of rotatable bonds is 7. The highest BCUT2D eigenvalue weighted by Gasteiger charge is 2.26. The highest BCUT2D eigenvalue weighted by Crippen LogP contribution is 2.34. The standard InChI is InChI=1S/C25H31FN4O2/c1-4-21-18(15-24(31)29(3)11-12-30-9-5-6-10-30)16(2)23(27-21)14-20-19-13-17(26)7-8-22(19)28-25(20)32/h7-8,13-14,27H,4-6,9-12,15H2,1-3H3,(H,28,32)/b20-14-. The summed E-state index contributed by atoms with van der Waals surface area (Å²) in [6, 6.07) is 4.28. The van der Waals surface area contributed by atoms with Gasteiger partial charge in [-0.3, -0.25) is 9.59 Å². The molecule has 2 aliphatic rings. The Balaban J connectivity index is 1.54. The second-order valence-corrected chi connectivity index (χ2v) is 8.72. The summed E-state index contributed by atoms with van der Waals surface area (Å²) in [5.74, 6) is -0.546. The minimum absolute atomic E-state index is 0.0891. The number of nitrogens with zero attached hydrogens (tertiary/aromatic N) is 2. The third-order valence-electron chi connectivity index (χ3n) is 6.62. The smallest absolute Gasteiger partial charge is 0.256 e. The number of likely N-dealkylation sites (tertiary alicyclic amines) is 1. The van der Waals surface area contributed by atoms with Crippen LogP contribution in [0.1, 0.15) is 47.8 Å².